The molecule has 0 amide bonds. The van der Waals surface area contributed by atoms with Gasteiger partial charge in [0.25, 0.3) is 0 Å². The normalized spacial score (nSPS) is 11.5. The zero-order valence-electron chi connectivity index (χ0n) is 14.4. The van der Waals surface area contributed by atoms with Crippen molar-refractivity contribution in [3.63, 3.8) is 0 Å². The Labute approximate surface area is 184 Å². The van der Waals surface area contributed by atoms with Crippen molar-refractivity contribution in [3.8, 4) is 11.1 Å². The lowest BCUT2D eigenvalue weighted by Gasteiger charge is -2.16. The predicted octanol–water partition coefficient (Wildman–Crippen LogP) is 8.46. The molecule has 4 aromatic rings. The number of H-pyrrole nitrogens is 1. The highest BCUT2D eigenvalue weighted by molar-refractivity contribution is 14.1. The molecule has 1 heterocycles. The van der Waals surface area contributed by atoms with E-state index in [0.717, 1.165) is 15.4 Å². The Morgan fingerprint density at radius 3 is 2.46 bits per heavy atom. The third kappa shape index (κ3) is 3.14. The third-order valence-electron chi connectivity index (χ3n) is 4.86. The second kappa shape index (κ2) is 7.64. The number of fused-ring (bicyclic) bond motifs is 3. The Morgan fingerprint density at radius 1 is 0.885 bits per heavy atom. The number of aromatic nitrogens is 1. The fourth-order valence-corrected chi connectivity index (χ4v) is 5.55. The molecule has 0 saturated carbocycles. The molecule has 132 valence electrons. The maximum Gasteiger partial charge on any atom is 0.0548 e. The Balaban J connectivity index is 2.12. The van der Waals surface area contributed by atoms with Crippen molar-refractivity contribution in [2.75, 3.05) is 0 Å². The van der Waals surface area contributed by atoms with Gasteiger partial charge in [-0.2, -0.15) is 0 Å². The highest BCUT2D eigenvalue weighted by atomic mass is 127. The fourth-order valence-electron chi connectivity index (χ4n) is 3.58. The van der Waals surface area contributed by atoms with Gasteiger partial charge in [0.05, 0.1) is 5.52 Å². The first kappa shape index (κ1) is 18.5. The number of aromatic amines is 1. The van der Waals surface area contributed by atoms with Gasteiger partial charge >= 0.3 is 0 Å². The van der Waals surface area contributed by atoms with Crippen LogP contribution in [0.15, 0.2) is 57.5 Å². The molecule has 0 aliphatic rings. The summed E-state index contributed by atoms with van der Waals surface area (Å²) in [6.07, 6.45) is 3.48. The van der Waals surface area contributed by atoms with Gasteiger partial charge in [0.15, 0.2) is 0 Å². The lowest BCUT2D eigenvalue weighted by atomic mass is 9.93. The van der Waals surface area contributed by atoms with Gasteiger partial charge in [0.2, 0.25) is 0 Å². The molecule has 0 radical (unpaired) electrons. The molecule has 0 aliphatic heterocycles. The van der Waals surface area contributed by atoms with Gasteiger partial charge in [-0.1, -0.05) is 59.6 Å². The second-order valence-electron chi connectivity index (χ2n) is 6.51. The standard InChI is InChI=1S/C22H18Br2IN/c1-2-3-6-13-9-10-15-14-7-4-5-8-18(14)26-22(15)19(13)20-16(23)11-12-17(24)21(20)25/h4-5,7-12,26H,2-3,6H2,1H3. The van der Waals surface area contributed by atoms with Crippen LogP contribution in [0.2, 0.25) is 0 Å². The Bertz CT molecular complexity index is 1110. The molecular weight excluding hydrogens is 565 g/mol. The maximum absolute atomic E-state index is 3.81. The summed E-state index contributed by atoms with van der Waals surface area (Å²) in [4.78, 5) is 3.70. The SMILES string of the molecule is CCCCc1ccc2c([nH]c3ccccc32)c1-c1c(Br)ccc(Br)c1I. The number of unbranched alkanes of at least 4 members (excludes halogenated alkanes) is 1. The number of hydrogen-bond acceptors (Lipinski definition) is 0. The first-order chi connectivity index (χ1) is 12.6. The van der Waals surface area contributed by atoms with Crippen molar-refractivity contribution < 1.29 is 0 Å². The van der Waals surface area contributed by atoms with E-state index < -0.39 is 0 Å². The molecule has 4 heteroatoms. The maximum atomic E-state index is 3.81. The number of nitrogens with one attached hydrogen (secondary N) is 1. The number of para-hydroxylation sites is 1. The van der Waals surface area contributed by atoms with Crippen molar-refractivity contribution in [1.29, 1.82) is 0 Å². The smallest absolute Gasteiger partial charge is 0.0548 e. The Morgan fingerprint density at radius 2 is 1.65 bits per heavy atom. The molecule has 1 nitrogen and oxygen atoms in total. The van der Waals surface area contributed by atoms with Gasteiger partial charge in [-0.3, -0.25) is 0 Å². The second-order valence-corrected chi connectivity index (χ2v) is 9.30. The third-order valence-corrected chi connectivity index (χ3v) is 8.05. The van der Waals surface area contributed by atoms with Crippen LogP contribution in [0.3, 0.4) is 0 Å². The van der Waals surface area contributed by atoms with Crippen molar-refractivity contribution in [1.82, 2.24) is 4.98 Å². The predicted molar refractivity (Wildman–Crippen MR) is 128 cm³/mol. The van der Waals surface area contributed by atoms with Gasteiger partial charge < -0.3 is 4.98 Å². The molecule has 0 spiro atoms. The first-order valence-corrected chi connectivity index (χ1v) is 11.4. The number of rotatable bonds is 4. The number of hydrogen-bond donors (Lipinski definition) is 1. The summed E-state index contributed by atoms with van der Waals surface area (Å²) in [7, 11) is 0. The zero-order valence-corrected chi connectivity index (χ0v) is 19.7. The van der Waals surface area contributed by atoms with Crippen LogP contribution < -0.4 is 0 Å². The molecule has 0 unspecified atom stereocenters. The van der Waals surface area contributed by atoms with E-state index in [2.05, 4.69) is 115 Å². The van der Waals surface area contributed by atoms with E-state index in [9.17, 15) is 0 Å². The lowest BCUT2D eigenvalue weighted by molar-refractivity contribution is 0.796. The van der Waals surface area contributed by atoms with E-state index in [1.54, 1.807) is 0 Å². The summed E-state index contributed by atoms with van der Waals surface area (Å²) in [5.74, 6) is 0. The summed E-state index contributed by atoms with van der Waals surface area (Å²) < 4.78 is 3.50. The van der Waals surface area contributed by atoms with Gasteiger partial charge in [-0.25, -0.2) is 0 Å². The molecule has 3 aromatic carbocycles. The quantitative estimate of drug-likeness (QED) is 0.183. The van der Waals surface area contributed by atoms with Crippen LogP contribution in [-0.4, -0.2) is 4.98 Å². The Hall–Kier alpha value is -0.850. The minimum Gasteiger partial charge on any atom is -0.354 e. The summed E-state index contributed by atoms with van der Waals surface area (Å²) >= 11 is 9.97. The van der Waals surface area contributed by atoms with Crippen LogP contribution in [0.4, 0.5) is 0 Å². The van der Waals surface area contributed by atoms with Crippen molar-refractivity contribution in [2.45, 2.75) is 26.2 Å². The van der Waals surface area contributed by atoms with Gasteiger partial charge in [0, 0.05) is 39.9 Å². The van der Waals surface area contributed by atoms with Crippen molar-refractivity contribution in [2.24, 2.45) is 0 Å². The van der Waals surface area contributed by atoms with Crippen LogP contribution in [-0.2, 0) is 6.42 Å². The van der Waals surface area contributed by atoms with E-state index >= 15 is 0 Å². The average molecular weight is 583 g/mol. The number of benzene rings is 3. The Kier molecular flexibility index (Phi) is 5.44. The topological polar surface area (TPSA) is 15.8 Å². The average Bonchev–Trinajstić information content (AvgIpc) is 3.03. The van der Waals surface area contributed by atoms with Crippen LogP contribution in [0.1, 0.15) is 25.3 Å². The molecule has 26 heavy (non-hydrogen) atoms. The van der Waals surface area contributed by atoms with Gasteiger partial charge in [-0.05, 0) is 75.1 Å². The van der Waals surface area contributed by atoms with Crippen LogP contribution in [0.25, 0.3) is 32.9 Å². The molecule has 0 saturated heterocycles. The molecule has 1 aromatic heterocycles. The van der Waals surface area contributed by atoms with E-state index in [1.165, 1.54) is 54.9 Å². The van der Waals surface area contributed by atoms with Crippen molar-refractivity contribution >= 4 is 76.3 Å². The van der Waals surface area contributed by atoms with Crippen LogP contribution in [0, 0.1) is 3.57 Å². The summed E-state index contributed by atoms with van der Waals surface area (Å²) in [6.45, 7) is 2.25. The van der Waals surface area contributed by atoms with E-state index in [4.69, 9.17) is 0 Å². The van der Waals surface area contributed by atoms with Gasteiger partial charge in [-0.15, -0.1) is 0 Å². The number of halogens is 3. The van der Waals surface area contributed by atoms with Crippen molar-refractivity contribution in [3.05, 3.63) is 66.6 Å². The highest BCUT2D eigenvalue weighted by Gasteiger charge is 2.19. The minimum atomic E-state index is 1.09. The molecule has 0 fully saturated rings. The van der Waals surface area contributed by atoms with Gasteiger partial charge in [0.1, 0.15) is 0 Å². The fraction of sp³-hybridized carbons (Fsp3) is 0.182. The first-order valence-electron chi connectivity index (χ1n) is 8.78. The van der Waals surface area contributed by atoms with E-state index in [-0.39, 0.29) is 0 Å². The summed E-state index contributed by atoms with van der Waals surface area (Å²) in [5.41, 5.74) is 6.42. The lowest BCUT2D eigenvalue weighted by Crippen LogP contribution is -1.95. The summed E-state index contributed by atoms with van der Waals surface area (Å²) in [5, 5.41) is 2.57. The van der Waals surface area contributed by atoms with Crippen LogP contribution >= 0.6 is 54.5 Å². The largest absolute Gasteiger partial charge is 0.354 e. The molecular formula is C22H18Br2IN. The highest BCUT2D eigenvalue weighted by Crippen LogP contribution is 2.43. The minimum absolute atomic E-state index is 1.09. The van der Waals surface area contributed by atoms with Crippen LogP contribution in [0.5, 0.6) is 0 Å². The molecule has 1 N–H and O–H groups in total. The molecule has 0 aliphatic carbocycles. The molecule has 0 atom stereocenters. The van der Waals surface area contributed by atoms with E-state index in [1.807, 2.05) is 0 Å². The van der Waals surface area contributed by atoms with E-state index in [0.29, 0.717) is 0 Å². The summed E-state index contributed by atoms with van der Waals surface area (Å²) in [6, 6.07) is 17.4. The molecule has 4 rings (SSSR count). The zero-order chi connectivity index (χ0) is 18.3. The monoisotopic (exact) mass is 581 g/mol. The molecule has 0 bridgehead atoms. The number of aryl methyl sites for hydroxylation is 1.